The highest BCUT2D eigenvalue weighted by molar-refractivity contribution is 6.03. The summed E-state index contributed by atoms with van der Waals surface area (Å²) < 4.78 is 13.9. The molecule has 3 rings (SSSR count). The van der Waals surface area contributed by atoms with Crippen molar-refractivity contribution in [2.45, 2.75) is 12.5 Å². The lowest BCUT2D eigenvalue weighted by Crippen LogP contribution is -2.42. The van der Waals surface area contributed by atoms with Crippen LogP contribution in [0.4, 0.5) is 10.1 Å². The van der Waals surface area contributed by atoms with Gasteiger partial charge in [0.25, 0.3) is 0 Å². The third-order valence-corrected chi connectivity index (χ3v) is 4.24. The number of pyridine rings is 1. The van der Waals surface area contributed by atoms with Crippen LogP contribution in [0.25, 0.3) is 6.08 Å². The lowest BCUT2D eigenvalue weighted by molar-refractivity contribution is -0.132. The maximum Gasteiger partial charge on any atom is 0.249 e. The molecule has 1 aromatic carbocycles. The number of nitrogens with zero attached hydrogens (tertiary/aromatic N) is 3. The topological polar surface area (TPSA) is 53.5 Å². The molecule has 0 spiro atoms. The van der Waals surface area contributed by atoms with E-state index in [0.29, 0.717) is 13.0 Å². The number of aromatic nitrogens is 1. The molecule has 1 aliphatic rings. The van der Waals surface area contributed by atoms with Gasteiger partial charge in [-0.2, -0.15) is 0 Å². The fourth-order valence-corrected chi connectivity index (χ4v) is 2.85. The van der Waals surface area contributed by atoms with Crippen molar-refractivity contribution in [1.29, 1.82) is 0 Å². The zero-order valence-corrected chi connectivity index (χ0v) is 13.8. The minimum atomic E-state index is -0.592. The number of halogens is 1. The van der Waals surface area contributed by atoms with Gasteiger partial charge in [-0.25, -0.2) is 4.39 Å². The second kappa shape index (κ2) is 7.25. The number of carbonyl (C=O) groups is 2. The molecule has 1 aromatic heterocycles. The molecule has 0 bridgehead atoms. The van der Waals surface area contributed by atoms with E-state index in [-0.39, 0.29) is 17.5 Å². The number of hydrogen-bond acceptors (Lipinski definition) is 3. The molecule has 0 saturated carbocycles. The molecule has 128 valence electrons. The molecule has 1 atom stereocenters. The third kappa shape index (κ3) is 3.57. The van der Waals surface area contributed by atoms with E-state index in [2.05, 4.69) is 4.98 Å². The van der Waals surface area contributed by atoms with Crippen LogP contribution in [0, 0.1) is 5.82 Å². The van der Waals surface area contributed by atoms with Crippen molar-refractivity contribution in [3.8, 4) is 0 Å². The molecular formula is C19H18FN3O2. The molecule has 2 heterocycles. The molecule has 0 aliphatic carbocycles. The predicted molar refractivity (Wildman–Crippen MR) is 93.2 cm³/mol. The number of carbonyl (C=O) groups excluding carboxylic acids is 2. The molecule has 25 heavy (non-hydrogen) atoms. The van der Waals surface area contributed by atoms with Gasteiger partial charge < -0.3 is 9.80 Å². The first-order chi connectivity index (χ1) is 12.1. The molecule has 1 saturated heterocycles. The van der Waals surface area contributed by atoms with E-state index in [0.717, 1.165) is 5.56 Å². The van der Waals surface area contributed by atoms with Gasteiger partial charge in [0.1, 0.15) is 11.9 Å². The lowest BCUT2D eigenvalue weighted by Gasteiger charge is -2.23. The minimum absolute atomic E-state index is 0.252. The second-order valence-electron chi connectivity index (χ2n) is 5.81. The van der Waals surface area contributed by atoms with Crippen LogP contribution < -0.4 is 4.90 Å². The standard InChI is InChI=1S/C19H18FN3O2/c1-22(18(24)9-8-14-5-4-11-21-13-14)17-10-12-23(19(17)25)16-7-3-2-6-15(16)20/h2-9,11,13,17H,10,12H2,1H3/b9-8-/t17-/m0/s1. The van der Waals surface area contributed by atoms with Crippen LogP contribution in [-0.4, -0.2) is 41.3 Å². The van der Waals surface area contributed by atoms with Crippen molar-refractivity contribution in [2.75, 3.05) is 18.5 Å². The quantitative estimate of drug-likeness (QED) is 0.804. The number of hydrogen-bond donors (Lipinski definition) is 0. The Labute approximate surface area is 145 Å². The molecule has 5 nitrogen and oxygen atoms in total. The summed E-state index contributed by atoms with van der Waals surface area (Å²) >= 11 is 0. The maximum absolute atomic E-state index is 13.9. The van der Waals surface area contributed by atoms with Crippen LogP contribution in [0.5, 0.6) is 0 Å². The van der Waals surface area contributed by atoms with Gasteiger partial charge in [-0.1, -0.05) is 18.2 Å². The van der Waals surface area contributed by atoms with Gasteiger partial charge >= 0.3 is 0 Å². The van der Waals surface area contributed by atoms with E-state index in [9.17, 15) is 14.0 Å². The highest BCUT2D eigenvalue weighted by Crippen LogP contribution is 2.26. The Morgan fingerprint density at radius 3 is 2.84 bits per heavy atom. The first-order valence-corrected chi connectivity index (χ1v) is 7.99. The summed E-state index contributed by atoms with van der Waals surface area (Å²) in [5.74, 6) is -0.990. The number of benzene rings is 1. The van der Waals surface area contributed by atoms with Crippen molar-refractivity contribution in [2.24, 2.45) is 0 Å². The predicted octanol–water partition coefficient (Wildman–Crippen LogP) is 2.50. The summed E-state index contributed by atoms with van der Waals surface area (Å²) in [7, 11) is 1.59. The molecule has 2 aromatic rings. The fourth-order valence-electron chi connectivity index (χ4n) is 2.85. The summed E-state index contributed by atoms with van der Waals surface area (Å²) in [4.78, 5) is 31.7. The maximum atomic E-state index is 13.9. The van der Waals surface area contributed by atoms with Crippen molar-refractivity contribution >= 4 is 23.6 Å². The number of amides is 2. The Bertz CT molecular complexity index is 807. The summed E-state index contributed by atoms with van der Waals surface area (Å²) in [6.45, 7) is 0.383. The first-order valence-electron chi connectivity index (χ1n) is 7.99. The molecule has 2 amide bonds. The Morgan fingerprint density at radius 1 is 1.32 bits per heavy atom. The zero-order valence-electron chi connectivity index (χ0n) is 13.8. The van der Waals surface area contributed by atoms with Gasteiger partial charge in [-0.15, -0.1) is 0 Å². The zero-order chi connectivity index (χ0) is 17.8. The van der Waals surface area contributed by atoms with Gasteiger partial charge in [-0.05, 0) is 36.3 Å². The van der Waals surface area contributed by atoms with Crippen LogP contribution in [-0.2, 0) is 9.59 Å². The van der Waals surface area contributed by atoms with E-state index in [4.69, 9.17) is 0 Å². The average Bonchev–Trinajstić information content (AvgIpc) is 3.01. The van der Waals surface area contributed by atoms with Gasteiger partial charge in [0.05, 0.1) is 5.69 Å². The largest absolute Gasteiger partial charge is 0.330 e. The minimum Gasteiger partial charge on any atom is -0.330 e. The highest BCUT2D eigenvalue weighted by Gasteiger charge is 2.37. The number of para-hydroxylation sites is 1. The van der Waals surface area contributed by atoms with Gasteiger partial charge in [0.2, 0.25) is 11.8 Å². The van der Waals surface area contributed by atoms with E-state index in [1.165, 1.54) is 21.9 Å². The summed E-state index contributed by atoms with van der Waals surface area (Å²) in [5.41, 5.74) is 1.05. The monoisotopic (exact) mass is 339 g/mol. The van der Waals surface area contributed by atoms with Gasteiger partial charge in [0.15, 0.2) is 0 Å². The van der Waals surface area contributed by atoms with E-state index < -0.39 is 11.9 Å². The van der Waals surface area contributed by atoms with Crippen molar-refractivity contribution in [3.05, 3.63) is 66.2 Å². The number of rotatable bonds is 4. The van der Waals surface area contributed by atoms with Crippen LogP contribution in [0.1, 0.15) is 12.0 Å². The van der Waals surface area contributed by atoms with Crippen LogP contribution in [0.3, 0.4) is 0 Å². The molecule has 1 aliphatic heterocycles. The average molecular weight is 339 g/mol. The molecule has 1 fully saturated rings. The lowest BCUT2D eigenvalue weighted by atomic mass is 10.2. The normalized spacial score (nSPS) is 17.3. The molecule has 6 heteroatoms. The van der Waals surface area contributed by atoms with Gasteiger partial charge in [-0.3, -0.25) is 14.6 Å². The molecular weight excluding hydrogens is 321 g/mol. The molecule has 0 radical (unpaired) electrons. The Morgan fingerprint density at radius 2 is 2.12 bits per heavy atom. The van der Waals surface area contributed by atoms with Gasteiger partial charge in [0, 0.05) is 32.1 Å². The summed E-state index contributed by atoms with van der Waals surface area (Å²) in [5, 5.41) is 0. The Kier molecular flexibility index (Phi) is 4.88. The van der Waals surface area contributed by atoms with Crippen LogP contribution >= 0.6 is 0 Å². The van der Waals surface area contributed by atoms with E-state index >= 15 is 0 Å². The van der Waals surface area contributed by atoms with Crippen molar-refractivity contribution < 1.29 is 14.0 Å². The SMILES string of the molecule is CN(C(=O)/C=C\c1cccnc1)[C@H]1CCN(c2ccccc2F)C1=O. The van der Waals surface area contributed by atoms with Crippen LogP contribution in [0.2, 0.25) is 0 Å². The number of likely N-dealkylation sites (N-methyl/N-ethyl adjacent to an activating group) is 1. The van der Waals surface area contributed by atoms with Crippen LogP contribution in [0.15, 0.2) is 54.9 Å². The van der Waals surface area contributed by atoms with E-state index in [1.807, 2.05) is 6.07 Å². The number of anilines is 1. The Balaban J connectivity index is 1.70. The smallest absolute Gasteiger partial charge is 0.249 e. The summed E-state index contributed by atoms with van der Waals surface area (Å²) in [6, 6.07) is 9.17. The Hall–Kier alpha value is -3.02. The van der Waals surface area contributed by atoms with E-state index in [1.54, 1.807) is 49.8 Å². The second-order valence-corrected chi connectivity index (χ2v) is 5.81. The molecule has 0 N–H and O–H groups in total. The fraction of sp³-hybridized carbons (Fsp3) is 0.211. The first kappa shape index (κ1) is 16.8. The molecule has 0 unspecified atom stereocenters. The van der Waals surface area contributed by atoms with Crippen molar-refractivity contribution in [3.63, 3.8) is 0 Å². The highest BCUT2D eigenvalue weighted by atomic mass is 19.1. The van der Waals surface area contributed by atoms with Crippen molar-refractivity contribution in [1.82, 2.24) is 9.88 Å². The summed E-state index contributed by atoms with van der Waals surface area (Å²) in [6.07, 6.45) is 6.83. The third-order valence-electron chi connectivity index (χ3n) is 4.24.